The Balaban J connectivity index is 2.48. The molecule has 0 aliphatic carbocycles. The minimum atomic E-state index is -0.836. The number of hydrogen-bond donors (Lipinski definition) is 2. The van der Waals surface area contributed by atoms with Gasteiger partial charge >= 0.3 is 12.2 Å². The van der Waals surface area contributed by atoms with Crippen molar-refractivity contribution in [1.82, 2.24) is 4.98 Å². The third-order valence-corrected chi connectivity index (χ3v) is 2.88. The number of hydrogen-bond acceptors (Lipinski definition) is 5. The SMILES string of the molecule is CCCC(C)(COC(N)=O)COC(=O)Nc1cccnc1. The molecule has 7 nitrogen and oxygen atoms in total. The average Bonchev–Trinajstić information content (AvgIpc) is 2.45. The summed E-state index contributed by atoms with van der Waals surface area (Å²) in [6, 6.07) is 3.41. The van der Waals surface area contributed by atoms with Gasteiger partial charge in [-0.15, -0.1) is 0 Å². The van der Waals surface area contributed by atoms with Crippen molar-refractivity contribution in [3.05, 3.63) is 24.5 Å². The second-order valence-electron chi connectivity index (χ2n) is 5.11. The Morgan fingerprint density at radius 1 is 1.38 bits per heavy atom. The fraction of sp³-hybridized carbons (Fsp3) is 0.500. The molecular formula is C14H21N3O4. The van der Waals surface area contributed by atoms with Gasteiger partial charge in [0.2, 0.25) is 0 Å². The molecule has 2 amide bonds. The number of nitrogens with two attached hydrogens (primary N) is 1. The predicted octanol–water partition coefficient (Wildman–Crippen LogP) is 2.53. The lowest BCUT2D eigenvalue weighted by Gasteiger charge is -2.27. The Kier molecular flexibility index (Phi) is 6.45. The van der Waals surface area contributed by atoms with Crippen LogP contribution < -0.4 is 11.1 Å². The first-order valence-corrected chi connectivity index (χ1v) is 6.71. The third-order valence-electron chi connectivity index (χ3n) is 2.88. The van der Waals surface area contributed by atoms with Crippen molar-refractivity contribution in [3.8, 4) is 0 Å². The highest BCUT2D eigenvalue weighted by atomic mass is 16.6. The highest BCUT2D eigenvalue weighted by molar-refractivity contribution is 5.84. The van der Waals surface area contributed by atoms with E-state index < -0.39 is 17.6 Å². The molecule has 0 saturated carbocycles. The highest BCUT2D eigenvalue weighted by Gasteiger charge is 2.27. The maximum absolute atomic E-state index is 11.7. The topological polar surface area (TPSA) is 104 Å². The van der Waals surface area contributed by atoms with Crippen LogP contribution in [0.15, 0.2) is 24.5 Å². The molecule has 1 aromatic rings. The summed E-state index contributed by atoms with van der Waals surface area (Å²) in [6.07, 6.45) is 3.31. The number of aromatic nitrogens is 1. The maximum atomic E-state index is 11.7. The number of carbonyl (C=O) groups excluding carboxylic acids is 2. The molecule has 0 saturated heterocycles. The van der Waals surface area contributed by atoms with E-state index in [1.807, 2.05) is 13.8 Å². The predicted molar refractivity (Wildman–Crippen MR) is 77.8 cm³/mol. The van der Waals surface area contributed by atoms with Gasteiger partial charge in [-0.2, -0.15) is 0 Å². The van der Waals surface area contributed by atoms with Crippen LogP contribution in [0.4, 0.5) is 15.3 Å². The second kappa shape index (κ2) is 8.08. The molecule has 0 fully saturated rings. The third kappa shape index (κ3) is 6.60. The van der Waals surface area contributed by atoms with Crippen molar-refractivity contribution in [1.29, 1.82) is 0 Å². The number of ether oxygens (including phenoxy) is 2. The van der Waals surface area contributed by atoms with Gasteiger partial charge < -0.3 is 15.2 Å². The lowest BCUT2D eigenvalue weighted by molar-refractivity contribution is 0.0380. The number of pyridine rings is 1. The summed E-state index contributed by atoms with van der Waals surface area (Å²) in [4.78, 5) is 26.3. The summed E-state index contributed by atoms with van der Waals surface area (Å²) in [7, 11) is 0. The lowest BCUT2D eigenvalue weighted by atomic mass is 9.87. The van der Waals surface area contributed by atoms with Gasteiger partial charge in [0.25, 0.3) is 0 Å². The van der Waals surface area contributed by atoms with Crippen molar-refractivity contribution in [2.24, 2.45) is 11.1 Å². The van der Waals surface area contributed by atoms with Crippen LogP contribution in [-0.2, 0) is 9.47 Å². The number of primary amides is 1. The van der Waals surface area contributed by atoms with E-state index in [1.165, 1.54) is 6.20 Å². The molecule has 116 valence electrons. The van der Waals surface area contributed by atoms with Gasteiger partial charge in [0.1, 0.15) is 13.2 Å². The Morgan fingerprint density at radius 3 is 2.67 bits per heavy atom. The van der Waals surface area contributed by atoms with E-state index in [0.717, 1.165) is 12.8 Å². The van der Waals surface area contributed by atoms with E-state index in [4.69, 9.17) is 15.2 Å². The molecule has 0 bridgehead atoms. The van der Waals surface area contributed by atoms with Gasteiger partial charge in [-0.05, 0) is 18.6 Å². The first-order chi connectivity index (χ1) is 9.95. The van der Waals surface area contributed by atoms with E-state index in [2.05, 4.69) is 10.3 Å². The zero-order valence-electron chi connectivity index (χ0n) is 12.3. The summed E-state index contributed by atoms with van der Waals surface area (Å²) in [5, 5.41) is 2.57. The van der Waals surface area contributed by atoms with Crippen LogP contribution in [0.1, 0.15) is 26.7 Å². The smallest absolute Gasteiger partial charge is 0.411 e. The van der Waals surface area contributed by atoms with Gasteiger partial charge in [-0.1, -0.05) is 20.3 Å². The Hall–Kier alpha value is -2.31. The van der Waals surface area contributed by atoms with Crippen LogP contribution in [0.2, 0.25) is 0 Å². The van der Waals surface area contributed by atoms with E-state index in [9.17, 15) is 9.59 Å². The zero-order valence-corrected chi connectivity index (χ0v) is 12.3. The molecule has 21 heavy (non-hydrogen) atoms. The van der Waals surface area contributed by atoms with Crippen molar-refractivity contribution < 1.29 is 19.1 Å². The van der Waals surface area contributed by atoms with Gasteiger partial charge in [0, 0.05) is 11.6 Å². The molecule has 1 aromatic heterocycles. The van der Waals surface area contributed by atoms with Crippen molar-refractivity contribution in [2.45, 2.75) is 26.7 Å². The van der Waals surface area contributed by atoms with Crippen molar-refractivity contribution >= 4 is 17.9 Å². The normalized spacial score (nSPS) is 13.0. The van der Waals surface area contributed by atoms with E-state index in [-0.39, 0.29) is 13.2 Å². The molecule has 1 rings (SSSR count). The molecule has 3 N–H and O–H groups in total. The van der Waals surface area contributed by atoms with Gasteiger partial charge in [-0.25, -0.2) is 9.59 Å². The number of carbonyl (C=O) groups is 2. The molecule has 1 heterocycles. The maximum Gasteiger partial charge on any atom is 0.411 e. The fourth-order valence-electron chi connectivity index (χ4n) is 1.87. The summed E-state index contributed by atoms with van der Waals surface area (Å²) in [5.74, 6) is 0. The second-order valence-corrected chi connectivity index (χ2v) is 5.11. The highest BCUT2D eigenvalue weighted by Crippen LogP contribution is 2.24. The molecule has 0 aliphatic rings. The molecule has 0 radical (unpaired) electrons. The number of rotatable bonds is 7. The van der Waals surface area contributed by atoms with Gasteiger partial charge in [-0.3, -0.25) is 10.3 Å². The van der Waals surface area contributed by atoms with Crippen molar-refractivity contribution in [2.75, 3.05) is 18.5 Å². The summed E-state index contributed by atoms with van der Waals surface area (Å²) in [6.45, 7) is 4.10. The van der Waals surface area contributed by atoms with Crippen LogP contribution in [0.25, 0.3) is 0 Å². The number of nitrogens with zero attached hydrogens (tertiary/aromatic N) is 1. The molecule has 7 heteroatoms. The Labute approximate surface area is 123 Å². The molecular weight excluding hydrogens is 274 g/mol. The lowest BCUT2D eigenvalue weighted by Crippen LogP contribution is -2.33. The minimum Gasteiger partial charge on any atom is -0.449 e. The monoisotopic (exact) mass is 295 g/mol. The largest absolute Gasteiger partial charge is 0.449 e. The zero-order chi connectivity index (χ0) is 15.7. The van der Waals surface area contributed by atoms with Crippen LogP contribution in [0, 0.1) is 5.41 Å². The number of anilines is 1. The minimum absolute atomic E-state index is 0.107. The Morgan fingerprint density at radius 2 is 2.10 bits per heavy atom. The molecule has 1 unspecified atom stereocenters. The molecule has 1 atom stereocenters. The van der Waals surface area contributed by atoms with Crippen LogP contribution >= 0.6 is 0 Å². The number of nitrogens with one attached hydrogen (secondary N) is 1. The van der Waals surface area contributed by atoms with Crippen LogP contribution in [-0.4, -0.2) is 30.4 Å². The van der Waals surface area contributed by atoms with E-state index in [1.54, 1.807) is 18.3 Å². The summed E-state index contributed by atoms with van der Waals surface area (Å²) < 4.78 is 10.0. The summed E-state index contributed by atoms with van der Waals surface area (Å²) >= 11 is 0. The van der Waals surface area contributed by atoms with Crippen LogP contribution in [0.3, 0.4) is 0 Å². The average molecular weight is 295 g/mol. The van der Waals surface area contributed by atoms with E-state index >= 15 is 0 Å². The van der Waals surface area contributed by atoms with Crippen LogP contribution in [0.5, 0.6) is 0 Å². The first kappa shape index (κ1) is 16.7. The quantitative estimate of drug-likeness (QED) is 0.804. The standard InChI is InChI=1S/C14H21N3O4/c1-3-6-14(2,9-20-12(15)18)10-21-13(19)17-11-5-4-7-16-8-11/h4-5,7-8H,3,6,9-10H2,1-2H3,(H2,15,18)(H,17,19). The van der Waals surface area contributed by atoms with Crippen molar-refractivity contribution in [3.63, 3.8) is 0 Å². The van der Waals surface area contributed by atoms with Gasteiger partial charge in [0.15, 0.2) is 0 Å². The van der Waals surface area contributed by atoms with E-state index in [0.29, 0.717) is 5.69 Å². The van der Waals surface area contributed by atoms with Gasteiger partial charge in [0.05, 0.1) is 11.9 Å². The fourth-order valence-corrected chi connectivity index (χ4v) is 1.87. The Bertz CT molecular complexity index is 467. The number of amides is 2. The molecule has 0 spiro atoms. The summed E-state index contributed by atoms with van der Waals surface area (Å²) in [5.41, 5.74) is 5.05. The first-order valence-electron chi connectivity index (χ1n) is 6.71. The molecule has 0 aromatic carbocycles. The molecule has 0 aliphatic heterocycles.